The van der Waals surface area contributed by atoms with Crippen LogP contribution in [0.5, 0.6) is 5.75 Å². The first-order valence-corrected chi connectivity index (χ1v) is 6.61. The summed E-state index contributed by atoms with van der Waals surface area (Å²) in [5, 5.41) is 8.88. The summed E-state index contributed by atoms with van der Waals surface area (Å²) in [5.41, 5.74) is 3.97. The van der Waals surface area contributed by atoms with Gasteiger partial charge < -0.3 is 4.74 Å². The Balaban J connectivity index is 1.84. The first-order chi connectivity index (χ1) is 10.3. The molecule has 0 saturated heterocycles. The minimum Gasteiger partial charge on any atom is -0.487 e. The Labute approximate surface area is 122 Å². The van der Waals surface area contributed by atoms with Crippen molar-refractivity contribution < 1.29 is 4.74 Å². The molecule has 1 heterocycles. The lowest BCUT2D eigenvalue weighted by molar-refractivity contribution is 0.300. The fourth-order valence-electron chi connectivity index (χ4n) is 2.07. The van der Waals surface area contributed by atoms with Crippen molar-refractivity contribution in [1.29, 1.82) is 5.26 Å². The molecule has 1 aromatic heterocycles. The second kappa shape index (κ2) is 5.59. The first kappa shape index (κ1) is 13.1. The van der Waals surface area contributed by atoms with Crippen LogP contribution in [0.1, 0.15) is 17.0 Å². The van der Waals surface area contributed by atoms with Crippen molar-refractivity contribution in [2.24, 2.45) is 0 Å². The Morgan fingerprint density at radius 2 is 1.81 bits per heavy atom. The maximum atomic E-state index is 8.88. The van der Waals surface area contributed by atoms with Gasteiger partial charge in [0, 0.05) is 0 Å². The van der Waals surface area contributed by atoms with Crippen LogP contribution in [0.3, 0.4) is 0 Å². The predicted octanol–water partition coefficient (Wildman–Crippen LogP) is 3.39. The lowest BCUT2D eigenvalue weighted by atomic mass is 10.2. The molecule has 0 aliphatic carbocycles. The van der Waals surface area contributed by atoms with Gasteiger partial charge in [-0.05, 0) is 37.3 Å². The van der Waals surface area contributed by atoms with Crippen molar-refractivity contribution in [3.05, 3.63) is 65.5 Å². The molecule has 0 aliphatic rings. The molecule has 0 saturated carbocycles. The molecular formula is C17H13N3O. The molecular weight excluding hydrogens is 262 g/mol. The molecule has 0 radical (unpaired) electrons. The molecule has 0 amide bonds. The van der Waals surface area contributed by atoms with Gasteiger partial charge in [-0.2, -0.15) is 5.26 Å². The maximum Gasteiger partial charge on any atom is 0.132 e. The van der Waals surface area contributed by atoms with Crippen molar-refractivity contribution in [3.63, 3.8) is 0 Å². The van der Waals surface area contributed by atoms with E-state index in [1.165, 1.54) is 0 Å². The molecule has 3 rings (SSSR count). The number of nitriles is 1. The van der Waals surface area contributed by atoms with E-state index >= 15 is 0 Å². The van der Waals surface area contributed by atoms with Crippen LogP contribution in [-0.2, 0) is 6.61 Å². The highest BCUT2D eigenvalue weighted by Gasteiger charge is 2.06. The van der Waals surface area contributed by atoms with Crippen molar-refractivity contribution in [2.45, 2.75) is 13.5 Å². The summed E-state index contributed by atoms with van der Waals surface area (Å²) >= 11 is 0. The third-order valence-electron chi connectivity index (χ3n) is 3.18. The van der Waals surface area contributed by atoms with Crippen LogP contribution in [0, 0.1) is 18.3 Å². The molecule has 0 aliphatic heterocycles. The smallest absolute Gasteiger partial charge is 0.132 e. The van der Waals surface area contributed by atoms with Gasteiger partial charge in [0.05, 0.1) is 34.1 Å². The number of rotatable bonds is 3. The van der Waals surface area contributed by atoms with Gasteiger partial charge in [-0.25, -0.2) is 9.97 Å². The van der Waals surface area contributed by atoms with Gasteiger partial charge >= 0.3 is 0 Å². The van der Waals surface area contributed by atoms with Crippen molar-refractivity contribution in [1.82, 2.24) is 9.97 Å². The highest BCUT2D eigenvalue weighted by atomic mass is 16.5. The zero-order chi connectivity index (χ0) is 14.7. The predicted molar refractivity (Wildman–Crippen MR) is 79.8 cm³/mol. The molecule has 0 spiro atoms. The lowest BCUT2D eigenvalue weighted by Crippen LogP contribution is -2.03. The summed E-state index contributed by atoms with van der Waals surface area (Å²) < 4.78 is 5.71. The lowest BCUT2D eigenvalue weighted by Gasteiger charge is -2.09. The number of nitrogens with zero attached hydrogens (tertiary/aromatic N) is 3. The van der Waals surface area contributed by atoms with Crippen LogP contribution in [0.2, 0.25) is 0 Å². The summed E-state index contributed by atoms with van der Waals surface area (Å²) in [6, 6.07) is 16.9. The average molecular weight is 275 g/mol. The van der Waals surface area contributed by atoms with Crippen molar-refractivity contribution in [3.8, 4) is 11.8 Å². The number of para-hydroxylation sites is 2. The van der Waals surface area contributed by atoms with E-state index in [2.05, 4.69) is 16.0 Å². The number of aromatic nitrogens is 2. The van der Waals surface area contributed by atoms with E-state index in [0.717, 1.165) is 22.4 Å². The first-order valence-electron chi connectivity index (χ1n) is 6.61. The Bertz CT molecular complexity index is 837. The van der Waals surface area contributed by atoms with Gasteiger partial charge in [0.1, 0.15) is 12.4 Å². The summed E-state index contributed by atoms with van der Waals surface area (Å²) in [6.45, 7) is 2.25. The normalized spacial score (nSPS) is 10.3. The van der Waals surface area contributed by atoms with E-state index in [1.807, 2.05) is 37.3 Å². The van der Waals surface area contributed by atoms with Crippen LogP contribution in [-0.4, -0.2) is 9.97 Å². The largest absolute Gasteiger partial charge is 0.487 e. The Kier molecular flexibility index (Phi) is 3.48. The van der Waals surface area contributed by atoms with Crippen molar-refractivity contribution in [2.75, 3.05) is 0 Å². The summed E-state index contributed by atoms with van der Waals surface area (Å²) in [6.07, 6.45) is 0. The molecule has 4 nitrogen and oxygen atoms in total. The van der Waals surface area contributed by atoms with Crippen LogP contribution in [0.25, 0.3) is 11.0 Å². The molecule has 0 unspecified atom stereocenters. The number of benzene rings is 2. The summed E-state index contributed by atoms with van der Waals surface area (Å²) in [4.78, 5) is 9.11. The summed E-state index contributed by atoms with van der Waals surface area (Å²) in [5.74, 6) is 0.656. The van der Waals surface area contributed by atoms with Crippen LogP contribution in [0.15, 0.2) is 48.5 Å². The second-order valence-corrected chi connectivity index (χ2v) is 4.67. The Morgan fingerprint density at radius 1 is 1.05 bits per heavy atom. The number of hydrogen-bond donors (Lipinski definition) is 0. The molecule has 21 heavy (non-hydrogen) atoms. The third-order valence-corrected chi connectivity index (χ3v) is 3.18. The third kappa shape index (κ3) is 2.82. The average Bonchev–Trinajstić information content (AvgIpc) is 2.53. The van der Waals surface area contributed by atoms with Crippen molar-refractivity contribution >= 4 is 11.0 Å². The van der Waals surface area contributed by atoms with E-state index in [0.29, 0.717) is 17.9 Å². The Morgan fingerprint density at radius 3 is 2.57 bits per heavy atom. The summed E-state index contributed by atoms with van der Waals surface area (Å²) in [7, 11) is 0. The zero-order valence-corrected chi connectivity index (χ0v) is 11.6. The quantitative estimate of drug-likeness (QED) is 0.735. The molecule has 0 atom stereocenters. The van der Waals surface area contributed by atoms with E-state index in [1.54, 1.807) is 18.2 Å². The highest BCUT2D eigenvalue weighted by Crippen LogP contribution is 2.17. The van der Waals surface area contributed by atoms with E-state index in [9.17, 15) is 0 Å². The highest BCUT2D eigenvalue weighted by molar-refractivity contribution is 5.74. The monoisotopic (exact) mass is 275 g/mol. The molecule has 0 bridgehead atoms. The van der Waals surface area contributed by atoms with Gasteiger partial charge in [0.25, 0.3) is 0 Å². The fourth-order valence-corrected chi connectivity index (χ4v) is 2.07. The standard InChI is InChI=1S/C17H13N3O/c1-12-17(20-16-8-3-2-7-15(16)19-12)11-21-14-6-4-5-13(9-14)10-18/h2-9H,11H2,1H3. The molecule has 2 aromatic carbocycles. The minimum atomic E-state index is 0.332. The number of fused-ring (bicyclic) bond motifs is 1. The van der Waals surface area contributed by atoms with Gasteiger partial charge in [-0.15, -0.1) is 0 Å². The number of hydrogen-bond acceptors (Lipinski definition) is 4. The minimum absolute atomic E-state index is 0.332. The second-order valence-electron chi connectivity index (χ2n) is 4.67. The van der Waals surface area contributed by atoms with Gasteiger partial charge in [0.15, 0.2) is 0 Å². The van der Waals surface area contributed by atoms with E-state index in [-0.39, 0.29) is 0 Å². The Hall–Kier alpha value is -2.93. The molecule has 0 fully saturated rings. The topological polar surface area (TPSA) is 58.8 Å². The number of ether oxygens (including phenoxy) is 1. The van der Waals surface area contributed by atoms with E-state index < -0.39 is 0 Å². The molecule has 4 heteroatoms. The van der Waals surface area contributed by atoms with Gasteiger partial charge in [0.2, 0.25) is 0 Å². The number of aryl methyl sites for hydroxylation is 1. The van der Waals surface area contributed by atoms with Gasteiger partial charge in [-0.3, -0.25) is 0 Å². The van der Waals surface area contributed by atoms with Crippen LogP contribution in [0.4, 0.5) is 0 Å². The van der Waals surface area contributed by atoms with Gasteiger partial charge in [-0.1, -0.05) is 18.2 Å². The molecule has 102 valence electrons. The van der Waals surface area contributed by atoms with Crippen LogP contribution < -0.4 is 4.74 Å². The van der Waals surface area contributed by atoms with Crippen LogP contribution >= 0.6 is 0 Å². The maximum absolute atomic E-state index is 8.88. The molecule has 3 aromatic rings. The van der Waals surface area contributed by atoms with E-state index in [4.69, 9.17) is 10.00 Å². The SMILES string of the molecule is Cc1nc2ccccc2nc1COc1cccc(C#N)c1. The fraction of sp³-hybridized carbons (Fsp3) is 0.118. The zero-order valence-electron chi connectivity index (χ0n) is 11.6. The molecule has 0 N–H and O–H groups in total.